The molecule has 0 radical (unpaired) electrons. The van der Waals surface area contributed by atoms with Crippen molar-refractivity contribution in [3.8, 4) is 0 Å². The minimum Gasteiger partial charge on any atom is -0.352 e. The molecule has 0 bridgehead atoms. The molecule has 0 spiro atoms. The molecule has 0 saturated heterocycles. The van der Waals surface area contributed by atoms with E-state index in [-0.39, 0.29) is 5.91 Å². The lowest BCUT2D eigenvalue weighted by Gasteiger charge is -2.25. The van der Waals surface area contributed by atoms with Crippen LogP contribution >= 0.6 is 67.8 Å². The maximum atomic E-state index is 12.4. The summed E-state index contributed by atoms with van der Waals surface area (Å²) in [6.07, 6.45) is 0. The lowest BCUT2D eigenvalue weighted by atomic mass is 9.85. The zero-order chi connectivity index (χ0) is 15.4. The van der Waals surface area contributed by atoms with Crippen LogP contribution in [0.4, 0.5) is 0 Å². The van der Waals surface area contributed by atoms with Gasteiger partial charge in [0.25, 0.3) is 5.91 Å². The Labute approximate surface area is 162 Å². The van der Waals surface area contributed by atoms with Gasteiger partial charge in [0.1, 0.15) is 0 Å². The van der Waals surface area contributed by atoms with Crippen LogP contribution in [0.3, 0.4) is 0 Å². The van der Waals surface area contributed by atoms with Crippen molar-refractivity contribution in [1.82, 2.24) is 5.32 Å². The molecule has 112 valence electrons. The van der Waals surface area contributed by atoms with Gasteiger partial charge in [-0.25, -0.2) is 0 Å². The minimum absolute atomic E-state index is 0.0390. The van der Waals surface area contributed by atoms with Crippen molar-refractivity contribution in [2.75, 3.05) is 6.54 Å². The van der Waals surface area contributed by atoms with E-state index in [0.717, 1.165) is 22.8 Å². The number of carbonyl (C=O) groups is 1. The third-order valence-electron chi connectivity index (χ3n) is 3.45. The molecule has 0 unspecified atom stereocenters. The second kappa shape index (κ2) is 8.50. The average molecular weight is 611 g/mol. The van der Waals surface area contributed by atoms with Crippen LogP contribution in [0.15, 0.2) is 12.1 Å². The molecular weight excluding hydrogens is 591 g/mol. The molecule has 20 heavy (non-hydrogen) atoms. The van der Waals surface area contributed by atoms with Crippen LogP contribution in [0.5, 0.6) is 0 Å². The Balaban J connectivity index is 2.82. The molecule has 0 fully saturated rings. The summed E-state index contributed by atoms with van der Waals surface area (Å²) in [5, 5.41) is 3.11. The highest BCUT2D eigenvalue weighted by Crippen LogP contribution is 2.23. The molecule has 1 aromatic carbocycles. The third-order valence-corrected chi connectivity index (χ3v) is 7.12. The highest BCUT2D eigenvalue weighted by Gasteiger charge is 2.20. The fourth-order valence-corrected chi connectivity index (χ4v) is 4.67. The number of benzene rings is 1. The Morgan fingerprint density at radius 1 is 1.10 bits per heavy atom. The topological polar surface area (TPSA) is 29.1 Å². The number of nitrogens with one attached hydrogen (secondary N) is 1. The van der Waals surface area contributed by atoms with E-state index in [1.165, 1.54) is 0 Å². The van der Waals surface area contributed by atoms with Crippen LogP contribution in [0.2, 0.25) is 0 Å². The van der Waals surface area contributed by atoms with Crippen LogP contribution < -0.4 is 5.32 Å². The lowest BCUT2D eigenvalue weighted by Crippen LogP contribution is -2.34. The first-order valence-corrected chi connectivity index (χ1v) is 9.90. The van der Waals surface area contributed by atoms with Gasteiger partial charge in [-0.15, -0.1) is 0 Å². The molecule has 2 nitrogen and oxygen atoms in total. The zero-order valence-electron chi connectivity index (χ0n) is 12.1. The van der Waals surface area contributed by atoms with Crippen LogP contribution in [-0.2, 0) is 0 Å². The van der Waals surface area contributed by atoms with Crippen molar-refractivity contribution < 1.29 is 4.79 Å². The Bertz CT molecular complexity index is 478. The third kappa shape index (κ3) is 5.26. The second-order valence-corrected chi connectivity index (χ2v) is 9.10. The highest BCUT2D eigenvalue weighted by atomic mass is 127. The van der Waals surface area contributed by atoms with Crippen molar-refractivity contribution in [3.63, 3.8) is 0 Å². The van der Waals surface area contributed by atoms with E-state index in [1.54, 1.807) is 0 Å². The lowest BCUT2D eigenvalue weighted by molar-refractivity contribution is 0.0936. The number of hydrogen-bond donors (Lipinski definition) is 1. The number of amides is 1. The van der Waals surface area contributed by atoms with Gasteiger partial charge in [0.15, 0.2) is 0 Å². The van der Waals surface area contributed by atoms with E-state index in [1.807, 2.05) is 6.07 Å². The van der Waals surface area contributed by atoms with Crippen LogP contribution in [-0.4, -0.2) is 12.5 Å². The van der Waals surface area contributed by atoms with Crippen molar-refractivity contribution >= 4 is 73.7 Å². The van der Waals surface area contributed by atoms with Gasteiger partial charge in [-0.1, -0.05) is 27.7 Å². The summed E-state index contributed by atoms with van der Waals surface area (Å²) < 4.78 is 3.26. The number of hydrogen-bond acceptors (Lipinski definition) is 1. The van der Waals surface area contributed by atoms with Crippen LogP contribution in [0.1, 0.15) is 38.1 Å². The van der Waals surface area contributed by atoms with E-state index in [2.05, 4.69) is 107 Å². The van der Waals surface area contributed by atoms with Gasteiger partial charge in [0.2, 0.25) is 0 Å². The molecule has 1 amide bonds. The number of carbonyl (C=O) groups excluding carboxylic acids is 1. The first-order chi connectivity index (χ1) is 9.23. The number of halogens is 3. The Morgan fingerprint density at radius 2 is 1.65 bits per heavy atom. The van der Waals surface area contributed by atoms with Gasteiger partial charge >= 0.3 is 0 Å². The largest absolute Gasteiger partial charge is 0.352 e. The van der Waals surface area contributed by atoms with Gasteiger partial charge < -0.3 is 5.32 Å². The van der Waals surface area contributed by atoms with E-state index in [4.69, 9.17) is 0 Å². The van der Waals surface area contributed by atoms with Gasteiger partial charge in [-0.2, -0.15) is 0 Å². The molecule has 0 heterocycles. The molecule has 1 rings (SSSR count). The summed E-state index contributed by atoms with van der Waals surface area (Å²) in [5.74, 6) is 1.70. The molecular formula is C15H20I3NO. The maximum Gasteiger partial charge on any atom is 0.252 e. The Kier molecular flexibility index (Phi) is 8.04. The van der Waals surface area contributed by atoms with Crippen molar-refractivity contribution in [2.24, 2.45) is 17.8 Å². The van der Waals surface area contributed by atoms with E-state index in [0.29, 0.717) is 17.8 Å². The average Bonchev–Trinajstić information content (AvgIpc) is 2.32. The summed E-state index contributed by atoms with van der Waals surface area (Å²) in [5.41, 5.74) is 0.785. The van der Waals surface area contributed by atoms with Gasteiger partial charge in [-0.3, -0.25) is 4.79 Å². The first-order valence-electron chi connectivity index (χ1n) is 6.66. The summed E-state index contributed by atoms with van der Waals surface area (Å²) in [7, 11) is 0. The molecule has 0 aliphatic rings. The molecule has 1 aromatic rings. The zero-order valence-corrected chi connectivity index (χ0v) is 18.6. The summed E-state index contributed by atoms with van der Waals surface area (Å²) in [4.78, 5) is 12.4. The van der Waals surface area contributed by atoms with Gasteiger partial charge in [-0.05, 0) is 97.7 Å². The predicted molar refractivity (Wildman–Crippen MR) is 110 cm³/mol. The van der Waals surface area contributed by atoms with Crippen LogP contribution in [0.25, 0.3) is 0 Å². The van der Waals surface area contributed by atoms with Crippen molar-refractivity contribution in [2.45, 2.75) is 27.7 Å². The fourth-order valence-electron chi connectivity index (χ4n) is 2.27. The molecule has 0 aliphatic heterocycles. The quantitative estimate of drug-likeness (QED) is 0.362. The Morgan fingerprint density at radius 3 is 2.15 bits per heavy atom. The summed E-state index contributed by atoms with van der Waals surface area (Å²) in [6, 6.07) is 4.05. The Hall–Kier alpha value is 0.880. The van der Waals surface area contributed by atoms with Crippen molar-refractivity contribution in [3.05, 3.63) is 28.4 Å². The second-order valence-electron chi connectivity index (χ2n) is 5.61. The normalized spacial score (nSPS) is 11.5. The molecule has 0 aliphatic carbocycles. The number of rotatable bonds is 5. The first kappa shape index (κ1) is 18.9. The van der Waals surface area contributed by atoms with E-state index < -0.39 is 0 Å². The van der Waals surface area contributed by atoms with Crippen LogP contribution in [0, 0.1) is 28.5 Å². The summed E-state index contributed by atoms with van der Waals surface area (Å²) in [6.45, 7) is 9.61. The SMILES string of the molecule is CC(C)C(CNC(=O)c1cc(I)cc(I)c1I)C(C)C. The van der Waals surface area contributed by atoms with Gasteiger partial charge in [0.05, 0.1) is 5.56 Å². The molecule has 0 saturated carbocycles. The van der Waals surface area contributed by atoms with Gasteiger partial charge in [0, 0.05) is 17.3 Å². The molecule has 1 N–H and O–H groups in total. The standard InChI is InChI=1S/C15H20I3NO/c1-8(2)12(9(3)4)7-19-15(20)11-5-10(16)6-13(17)14(11)18/h5-6,8-9,12H,7H2,1-4H3,(H,19,20). The summed E-state index contributed by atoms with van der Waals surface area (Å²) >= 11 is 6.78. The molecule has 5 heteroatoms. The van der Waals surface area contributed by atoms with E-state index in [9.17, 15) is 4.79 Å². The molecule has 0 aromatic heterocycles. The predicted octanol–water partition coefficient (Wildman–Crippen LogP) is 5.16. The van der Waals surface area contributed by atoms with E-state index >= 15 is 0 Å². The van der Waals surface area contributed by atoms with Crippen molar-refractivity contribution in [1.29, 1.82) is 0 Å². The fraction of sp³-hybridized carbons (Fsp3) is 0.533. The highest BCUT2D eigenvalue weighted by molar-refractivity contribution is 14.1. The monoisotopic (exact) mass is 611 g/mol. The minimum atomic E-state index is 0.0390. The molecule has 0 atom stereocenters. The smallest absolute Gasteiger partial charge is 0.252 e. The maximum absolute atomic E-state index is 12.4.